The van der Waals surface area contributed by atoms with E-state index in [2.05, 4.69) is 0 Å². The van der Waals surface area contributed by atoms with Gasteiger partial charge in [-0.05, 0) is 12.1 Å². The average Bonchev–Trinajstić information content (AvgIpc) is 2.65. The summed E-state index contributed by atoms with van der Waals surface area (Å²) in [7, 11) is 0. The third-order valence-electron chi connectivity index (χ3n) is 3.92. The van der Waals surface area contributed by atoms with E-state index in [1.165, 1.54) is 12.1 Å². The normalized spacial score (nSPS) is 30.0. The molecule has 2 aliphatic carbocycles. The van der Waals surface area contributed by atoms with Gasteiger partial charge in [0.05, 0.1) is 0 Å². The van der Waals surface area contributed by atoms with Crippen LogP contribution in [0.1, 0.15) is 36.2 Å². The zero-order valence-corrected chi connectivity index (χ0v) is 12.1. The van der Waals surface area contributed by atoms with Crippen molar-refractivity contribution in [1.29, 1.82) is 0 Å². The van der Waals surface area contributed by atoms with Gasteiger partial charge in [0, 0.05) is 28.9 Å². The van der Waals surface area contributed by atoms with Gasteiger partial charge in [-0.3, -0.25) is 0 Å². The van der Waals surface area contributed by atoms with Crippen molar-refractivity contribution in [2.45, 2.75) is 48.2 Å². The van der Waals surface area contributed by atoms with E-state index in [4.69, 9.17) is 4.74 Å². The number of benzene rings is 1. The monoisotopic (exact) mass is 340 g/mol. The zero-order chi connectivity index (χ0) is 16.1. The lowest BCUT2D eigenvalue weighted by Crippen LogP contribution is -2.43. The Bertz CT molecular complexity index is 575. The van der Waals surface area contributed by atoms with Crippen molar-refractivity contribution in [1.82, 2.24) is 0 Å². The first-order chi connectivity index (χ1) is 10.3. The molecule has 1 aromatic carbocycles. The predicted octanol–water partition coefficient (Wildman–Crippen LogP) is 4.28. The number of aliphatic hydroxyl groups is 1. The predicted molar refractivity (Wildman–Crippen MR) is 70.6 cm³/mol. The molecule has 3 unspecified atom stereocenters. The number of aliphatic hydroxyl groups excluding tert-OH is 1. The van der Waals surface area contributed by atoms with Crippen LogP contribution in [0.25, 0.3) is 0 Å². The molecule has 8 heteroatoms. The standard InChI is InChI=1S/C14H13F5O2S/c15-5-22-8-2-1-7(21-6-3-14(18,19)4-6)9-10(8)13(20)12(17)11(9)16/h1-2,6,11-13,20H,3-5H2. The molecule has 0 aliphatic heterocycles. The molecule has 122 valence electrons. The molecule has 2 nitrogen and oxygen atoms in total. The molecule has 22 heavy (non-hydrogen) atoms. The summed E-state index contributed by atoms with van der Waals surface area (Å²) in [6.07, 6.45) is -7.77. The number of hydrogen-bond acceptors (Lipinski definition) is 3. The molecular weight excluding hydrogens is 327 g/mol. The van der Waals surface area contributed by atoms with Crippen LogP contribution in [0.5, 0.6) is 5.75 Å². The Balaban J connectivity index is 1.93. The second-order valence-corrected chi connectivity index (χ2v) is 6.38. The minimum absolute atomic E-state index is 0.0498. The molecule has 0 amide bonds. The molecule has 0 saturated heterocycles. The Morgan fingerprint density at radius 2 is 1.91 bits per heavy atom. The highest BCUT2D eigenvalue weighted by Crippen LogP contribution is 2.52. The van der Waals surface area contributed by atoms with Gasteiger partial charge >= 0.3 is 0 Å². The largest absolute Gasteiger partial charge is 0.490 e. The maximum Gasteiger partial charge on any atom is 0.255 e. The fourth-order valence-electron chi connectivity index (χ4n) is 2.82. The number of halogens is 5. The molecule has 3 rings (SSSR count). The molecule has 1 N–H and O–H groups in total. The lowest BCUT2D eigenvalue weighted by Gasteiger charge is -2.35. The summed E-state index contributed by atoms with van der Waals surface area (Å²) < 4.78 is 71.4. The van der Waals surface area contributed by atoms with E-state index in [-0.39, 0.29) is 21.8 Å². The van der Waals surface area contributed by atoms with Crippen LogP contribution >= 0.6 is 11.8 Å². The van der Waals surface area contributed by atoms with Crippen molar-refractivity contribution in [3.05, 3.63) is 23.3 Å². The summed E-state index contributed by atoms with van der Waals surface area (Å²) in [5.74, 6) is -2.86. The molecule has 0 radical (unpaired) electrons. The summed E-state index contributed by atoms with van der Waals surface area (Å²) in [5, 5.41) is 9.81. The maximum atomic E-state index is 14.1. The van der Waals surface area contributed by atoms with E-state index in [0.29, 0.717) is 11.8 Å². The van der Waals surface area contributed by atoms with E-state index in [1.54, 1.807) is 0 Å². The van der Waals surface area contributed by atoms with Crippen LogP contribution in [0.2, 0.25) is 0 Å². The van der Waals surface area contributed by atoms with E-state index in [0.717, 1.165) is 0 Å². The molecule has 1 fully saturated rings. The number of thioether (sulfide) groups is 1. The summed E-state index contributed by atoms with van der Waals surface area (Å²) in [6.45, 7) is 0. The van der Waals surface area contributed by atoms with Gasteiger partial charge in [0.25, 0.3) is 5.92 Å². The summed E-state index contributed by atoms with van der Waals surface area (Å²) in [6, 6.07) is 1.87. The molecule has 1 aromatic rings. The van der Waals surface area contributed by atoms with Crippen LogP contribution in [0.15, 0.2) is 17.0 Å². The van der Waals surface area contributed by atoms with Gasteiger partial charge in [-0.25, -0.2) is 22.0 Å². The minimum Gasteiger partial charge on any atom is -0.490 e. The summed E-state index contributed by atoms with van der Waals surface area (Å²) in [4.78, 5) is 0.221. The van der Waals surface area contributed by atoms with Crippen LogP contribution in [0, 0.1) is 0 Å². The lowest BCUT2D eigenvalue weighted by atomic mass is 9.91. The lowest BCUT2D eigenvalue weighted by molar-refractivity contribution is -0.134. The van der Waals surface area contributed by atoms with Gasteiger partial charge in [0.2, 0.25) is 0 Å². The van der Waals surface area contributed by atoms with E-state index in [1.807, 2.05) is 0 Å². The Labute approximate surface area is 127 Å². The number of fused-ring (bicyclic) bond motifs is 1. The highest BCUT2D eigenvalue weighted by atomic mass is 32.2. The molecule has 0 spiro atoms. The van der Waals surface area contributed by atoms with Crippen molar-refractivity contribution < 1.29 is 31.8 Å². The third kappa shape index (κ3) is 2.56. The van der Waals surface area contributed by atoms with Gasteiger partial charge < -0.3 is 9.84 Å². The van der Waals surface area contributed by atoms with Crippen molar-refractivity contribution in [3.63, 3.8) is 0 Å². The van der Waals surface area contributed by atoms with Gasteiger partial charge in [-0.15, -0.1) is 0 Å². The minimum atomic E-state index is -2.80. The summed E-state index contributed by atoms with van der Waals surface area (Å²) in [5.41, 5.74) is -0.250. The molecule has 1 saturated carbocycles. The Morgan fingerprint density at radius 3 is 2.50 bits per heavy atom. The first kappa shape index (κ1) is 15.9. The SMILES string of the molecule is OC1c2c(SCF)ccc(OC3CC(F)(F)C3)c2C(F)C1F. The van der Waals surface area contributed by atoms with Crippen molar-refractivity contribution in [2.24, 2.45) is 0 Å². The second kappa shape index (κ2) is 5.56. The van der Waals surface area contributed by atoms with Gasteiger partial charge in [-0.2, -0.15) is 0 Å². The molecule has 0 aromatic heterocycles. The molecular formula is C14H13F5O2S. The van der Waals surface area contributed by atoms with Crippen molar-refractivity contribution in [3.8, 4) is 5.75 Å². The van der Waals surface area contributed by atoms with Crippen molar-refractivity contribution >= 4 is 11.8 Å². The second-order valence-electron chi connectivity index (χ2n) is 5.44. The van der Waals surface area contributed by atoms with Gasteiger partial charge in [0.1, 0.15) is 24.0 Å². The summed E-state index contributed by atoms with van der Waals surface area (Å²) >= 11 is 0.700. The van der Waals surface area contributed by atoms with Crippen LogP contribution in [0.4, 0.5) is 22.0 Å². The van der Waals surface area contributed by atoms with Crippen LogP contribution < -0.4 is 4.74 Å². The Kier molecular flexibility index (Phi) is 4.01. The van der Waals surface area contributed by atoms with Gasteiger partial charge in [0.15, 0.2) is 12.3 Å². The van der Waals surface area contributed by atoms with E-state index >= 15 is 0 Å². The fraction of sp³-hybridized carbons (Fsp3) is 0.571. The fourth-order valence-corrected chi connectivity index (χ4v) is 3.49. The van der Waals surface area contributed by atoms with E-state index in [9.17, 15) is 27.1 Å². The highest BCUT2D eigenvalue weighted by Gasteiger charge is 2.49. The molecule has 0 heterocycles. The smallest absolute Gasteiger partial charge is 0.255 e. The first-order valence-corrected chi connectivity index (χ1v) is 7.69. The molecule has 3 atom stereocenters. The zero-order valence-electron chi connectivity index (χ0n) is 11.2. The number of rotatable bonds is 4. The van der Waals surface area contributed by atoms with Crippen LogP contribution in [0.3, 0.4) is 0 Å². The molecule has 2 aliphatic rings. The topological polar surface area (TPSA) is 29.5 Å². The first-order valence-electron chi connectivity index (χ1n) is 6.70. The number of alkyl halides is 5. The number of ether oxygens (including phenoxy) is 1. The quantitative estimate of drug-likeness (QED) is 0.655. The number of hydrogen-bond donors (Lipinski definition) is 1. The highest BCUT2D eigenvalue weighted by molar-refractivity contribution is 7.99. The van der Waals surface area contributed by atoms with Crippen LogP contribution in [-0.2, 0) is 0 Å². The van der Waals surface area contributed by atoms with Gasteiger partial charge in [-0.1, -0.05) is 11.8 Å². The maximum absolute atomic E-state index is 14.1. The average molecular weight is 340 g/mol. The van der Waals surface area contributed by atoms with Crippen LogP contribution in [-0.4, -0.2) is 29.3 Å². The van der Waals surface area contributed by atoms with Crippen molar-refractivity contribution in [2.75, 3.05) is 6.01 Å². The molecule has 0 bridgehead atoms. The Morgan fingerprint density at radius 1 is 1.23 bits per heavy atom. The Hall–Kier alpha value is -1.02. The van der Waals surface area contributed by atoms with E-state index < -0.39 is 49.3 Å². The third-order valence-corrected chi connectivity index (χ3v) is 4.69.